The van der Waals surface area contributed by atoms with Gasteiger partial charge in [-0.2, -0.15) is 0 Å². The highest BCUT2D eigenvalue weighted by Gasteiger charge is 2.17. The molecule has 1 amide bonds. The van der Waals surface area contributed by atoms with Gasteiger partial charge in [0, 0.05) is 11.4 Å². The fraction of sp³-hybridized carbons (Fsp3) is 0.500. The number of rotatable bonds is 3. The predicted molar refractivity (Wildman–Crippen MR) is 73.5 cm³/mol. The van der Waals surface area contributed by atoms with E-state index in [2.05, 4.69) is 32.0 Å². The summed E-state index contributed by atoms with van der Waals surface area (Å²) in [5.41, 5.74) is 2.45. The van der Waals surface area contributed by atoms with Crippen LogP contribution in [0.4, 0.5) is 0 Å². The van der Waals surface area contributed by atoms with Crippen molar-refractivity contribution in [2.75, 3.05) is 18.9 Å². The van der Waals surface area contributed by atoms with Crippen molar-refractivity contribution >= 4 is 17.7 Å². The zero-order chi connectivity index (χ0) is 13.0. The second-order valence-corrected chi connectivity index (χ2v) is 5.61. The Labute approximate surface area is 112 Å². The lowest BCUT2D eigenvalue weighted by Crippen LogP contribution is -2.36. The third-order valence-electron chi connectivity index (χ3n) is 2.98. The molecule has 0 bridgehead atoms. The number of hydroxylamine groups is 2. The molecular formula is C14H19NO2S. The summed E-state index contributed by atoms with van der Waals surface area (Å²) in [6.45, 7) is 5.54. The molecule has 3 nitrogen and oxygen atoms in total. The zero-order valence-corrected chi connectivity index (χ0v) is 11.8. The Balaban J connectivity index is 1.90. The molecule has 1 fully saturated rings. The first-order valence-electron chi connectivity index (χ1n) is 6.30. The van der Waals surface area contributed by atoms with Gasteiger partial charge in [-0.25, -0.2) is 5.06 Å². The standard InChI is InChI=1S/C14H19NO2S/c1-11-5-6-12(2)13(9-11)18-10-14(16)15-7-3-4-8-17-15/h5-6,9H,3-4,7-8,10H2,1-2H3. The number of amides is 1. The maximum absolute atomic E-state index is 11.9. The van der Waals surface area contributed by atoms with Crippen molar-refractivity contribution in [3.05, 3.63) is 29.3 Å². The number of hydrogen-bond acceptors (Lipinski definition) is 3. The minimum atomic E-state index is 0.0700. The minimum absolute atomic E-state index is 0.0700. The quantitative estimate of drug-likeness (QED) is 0.787. The fourth-order valence-corrected chi connectivity index (χ4v) is 2.86. The van der Waals surface area contributed by atoms with E-state index in [1.165, 1.54) is 21.1 Å². The molecule has 1 aliphatic heterocycles. The predicted octanol–water partition coefficient (Wildman–Crippen LogP) is 2.95. The molecule has 18 heavy (non-hydrogen) atoms. The number of benzene rings is 1. The second-order valence-electron chi connectivity index (χ2n) is 4.59. The van der Waals surface area contributed by atoms with Crippen LogP contribution in [0, 0.1) is 13.8 Å². The van der Waals surface area contributed by atoms with Crippen LogP contribution >= 0.6 is 11.8 Å². The van der Waals surface area contributed by atoms with Gasteiger partial charge in [0.25, 0.3) is 5.91 Å². The molecule has 1 aromatic rings. The van der Waals surface area contributed by atoms with Crippen LogP contribution in [-0.2, 0) is 9.63 Å². The van der Waals surface area contributed by atoms with Gasteiger partial charge in [-0.05, 0) is 38.3 Å². The van der Waals surface area contributed by atoms with Crippen LogP contribution in [-0.4, -0.2) is 29.9 Å². The Morgan fingerprint density at radius 3 is 2.94 bits per heavy atom. The summed E-state index contributed by atoms with van der Waals surface area (Å²) in [5, 5.41) is 1.52. The Bertz CT molecular complexity index is 428. The Kier molecular flexibility index (Phi) is 4.66. The van der Waals surface area contributed by atoms with E-state index in [9.17, 15) is 4.79 Å². The fourth-order valence-electron chi connectivity index (χ4n) is 1.87. The zero-order valence-electron chi connectivity index (χ0n) is 10.9. The largest absolute Gasteiger partial charge is 0.272 e. The molecule has 0 aromatic heterocycles. The molecule has 1 aliphatic rings. The second kappa shape index (κ2) is 6.25. The monoisotopic (exact) mass is 265 g/mol. The van der Waals surface area contributed by atoms with Gasteiger partial charge >= 0.3 is 0 Å². The van der Waals surface area contributed by atoms with Crippen LogP contribution < -0.4 is 0 Å². The van der Waals surface area contributed by atoms with Gasteiger partial charge in [0.15, 0.2) is 0 Å². The Morgan fingerprint density at radius 2 is 2.22 bits per heavy atom. The Morgan fingerprint density at radius 1 is 1.39 bits per heavy atom. The third kappa shape index (κ3) is 3.50. The first-order valence-corrected chi connectivity index (χ1v) is 7.29. The van der Waals surface area contributed by atoms with E-state index in [1.54, 1.807) is 11.8 Å². The lowest BCUT2D eigenvalue weighted by molar-refractivity contribution is -0.194. The van der Waals surface area contributed by atoms with Crippen molar-refractivity contribution in [1.29, 1.82) is 0 Å². The van der Waals surface area contributed by atoms with Gasteiger partial charge in [0.05, 0.1) is 12.4 Å². The molecule has 0 spiro atoms. The molecule has 0 atom stereocenters. The molecule has 0 N–H and O–H groups in total. The third-order valence-corrected chi connectivity index (χ3v) is 4.12. The van der Waals surface area contributed by atoms with E-state index in [-0.39, 0.29) is 5.91 Å². The smallest absolute Gasteiger partial charge is 0.256 e. The number of thioether (sulfide) groups is 1. The highest BCUT2D eigenvalue weighted by Crippen LogP contribution is 2.24. The highest BCUT2D eigenvalue weighted by molar-refractivity contribution is 8.00. The molecule has 0 radical (unpaired) electrons. The van der Waals surface area contributed by atoms with Crippen molar-refractivity contribution in [2.45, 2.75) is 31.6 Å². The maximum atomic E-state index is 11.9. The van der Waals surface area contributed by atoms with Crippen molar-refractivity contribution in [3.63, 3.8) is 0 Å². The van der Waals surface area contributed by atoms with E-state index in [0.29, 0.717) is 12.4 Å². The first-order chi connectivity index (χ1) is 8.66. The molecular weight excluding hydrogens is 246 g/mol. The first kappa shape index (κ1) is 13.4. The number of hydrogen-bond donors (Lipinski definition) is 0. The van der Waals surface area contributed by atoms with E-state index in [1.807, 2.05) is 0 Å². The summed E-state index contributed by atoms with van der Waals surface area (Å²) >= 11 is 1.59. The van der Waals surface area contributed by atoms with Crippen molar-refractivity contribution in [1.82, 2.24) is 5.06 Å². The summed E-state index contributed by atoms with van der Waals surface area (Å²) in [6, 6.07) is 6.32. The molecule has 2 rings (SSSR count). The average Bonchev–Trinajstić information content (AvgIpc) is 2.40. The maximum Gasteiger partial charge on any atom is 0.256 e. The molecule has 1 aromatic carbocycles. The van der Waals surface area contributed by atoms with Gasteiger partial charge < -0.3 is 0 Å². The number of carbonyl (C=O) groups excluding carboxylic acids is 1. The van der Waals surface area contributed by atoms with Gasteiger partial charge in [0.2, 0.25) is 0 Å². The van der Waals surface area contributed by atoms with Crippen molar-refractivity contribution < 1.29 is 9.63 Å². The number of carbonyl (C=O) groups is 1. The van der Waals surface area contributed by atoms with E-state index in [0.717, 1.165) is 19.4 Å². The minimum Gasteiger partial charge on any atom is -0.272 e. The van der Waals surface area contributed by atoms with Crippen LogP contribution in [0.1, 0.15) is 24.0 Å². The highest BCUT2D eigenvalue weighted by atomic mass is 32.2. The van der Waals surface area contributed by atoms with E-state index < -0.39 is 0 Å². The molecule has 1 saturated heterocycles. The summed E-state index contributed by atoms with van der Waals surface area (Å²) in [4.78, 5) is 18.5. The summed E-state index contributed by atoms with van der Waals surface area (Å²) < 4.78 is 0. The number of aryl methyl sites for hydroxylation is 2. The molecule has 4 heteroatoms. The molecule has 0 unspecified atom stereocenters. The van der Waals surface area contributed by atoms with Gasteiger partial charge in [-0.3, -0.25) is 9.63 Å². The van der Waals surface area contributed by atoms with Crippen LogP contribution in [0.3, 0.4) is 0 Å². The molecule has 0 aliphatic carbocycles. The SMILES string of the molecule is Cc1ccc(C)c(SCC(=O)N2CCCCO2)c1. The average molecular weight is 265 g/mol. The van der Waals surface area contributed by atoms with Gasteiger partial charge in [-0.15, -0.1) is 11.8 Å². The molecule has 0 saturated carbocycles. The van der Waals surface area contributed by atoms with Crippen LogP contribution in [0.15, 0.2) is 23.1 Å². The van der Waals surface area contributed by atoms with Gasteiger partial charge in [0.1, 0.15) is 0 Å². The normalized spacial score (nSPS) is 15.8. The topological polar surface area (TPSA) is 29.5 Å². The van der Waals surface area contributed by atoms with Crippen molar-refractivity contribution in [3.8, 4) is 0 Å². The molecule has 98 valence electrons. The summed E-state index contributed by atoms with van der Waals surface area (Å²) in [7, 11) is 0. The van der Waals surface area contributed by atoms with E-state index >= 15 is 0 Å². The van der Waals surface area contributed by atoms with Crippen LogP contribution in [0.25, 0.3) is 0 Å². The van der Waals surface area contributed by atoms with E-state index in [4.69, 9.17) is 4.84 Å². The van der Waals surface area contributed by atoms with Crippen molar-refractivity contribution in [2.24, 2.45) is 0 Å². The summed E-state index contributed by atoms with van der Waals surface area (Å²) in [5.74, 6) is 0.519. The lowest BCUT2D eigenvalue weighted by atomic mass is 10.2. The lowest BCUT2D eigenvalue weighted by Gasteiger charge is -2.25. The Hall–Kier alpha value is -1.00. The van der Waals surface area contributed by atoms with Gasteiger partial charge in [-0.1, -0.05) is 17.7 Å². The number of nitrogens with zero attached hydrogens (tertiary/aromatic N) is 1. The molecule has 1 heterocycles. The van der Waals surface area contributed by atoms with Crippen LogP contribution in [0.2, 0.25) is 0 Å². The summed E-state index contributed by atoms with van der Waals surface area (Å²) in [6.07, 6.45) is 2.09. The van der Waals surface area contributed by atoms with Crippen LogP contribution in [0.5, 0.6) is 0 Å².